The largest absolute Gasteiger partial charge is 0.493 e. The SMILES string of the molecule is CCSc1ccc(OCC2CC2)c(C2=CC(NC)c3cnc(C(C=NC)=CN)nc32)c1. The van der Waals surface area contributed by atoms with Gasteiger partial charge in [0.15, 0.2) is 5.82 Å². The number of hydrogen-bond donors (Lipinski definition) is 2. The van der Waals surface area contributed by atoms with Gasteiger partial charge in [0, 0.05) is 47.3 Å². The second-order valence-electron chi connectivity index (χ2n) is 7.70. The van der Waals surface area contributed by atoms with Crippen molar-refractivity contribution in [1.82, 2.24) is 15.3 Å². The summed E-state index contributed by atoms with van der Waals surface area (Å²) in [5.41, 5.74) is 10.6. The molecule has 0 radical (unpaired) electrons. The van der Waals surface area contributed by atoms with E-state index in [1.165, 1.54) is 23.9 Å². The minimum Gasteiger partial charge on any atom is -0.493 e. The van der Waals surface area contributed by atoms with Gasteiger partial charge in [0.1, 0.15) is 5.75 Å². The third-order valence-corrected chi connectivity index (χ3v) is 6.36. The third kappa shape index (κ3) is 4.67. The van der Waals surface area contributed by atoms with Crippen molar-refractivity contribution in [3.63, 3.8) is 0 Å². The van der Waals surface area contributed by atoms with Crippen LogP contribution in [0, 0.1) is 5.92 Å². The number of likely N-dealkylation sites (N-methyl/N-ethyl adjacent to an activating group) is 1. The number of rotatable bonds is 9. The van der Waals surface area contributed by atoms with Gasteiger partial charge >= 0.3 is 0 Å². The molecule has 1 saturated carbocycles. The fourth-order valence-corrected chi connectivity index (χ4v) is 4.37. The highest BCUT2D eigenvalue weighted by molar-refractivity contribution is 7.99. The van der Waals surface area contributed by atoms with E-state index in [0.717, 1.165) is 40.5 Å². The highest BCUT2D eigenvalue weighted by Gasteiger charge is 2.29. The van der Waals surface area contributed by atoms with Gasteiger partial charge < -0.3 is 15.8 Å². The summed E-state index contributed by atoms with van der Waals surface area (Å²) in [5, 5.41) is 3.36. The number of benzene rings is 1. The van der Waals surface area contributed by atoms with Gasteiger partial charge in [0.25, 0.3) is 0 Å². The molecule has 0 aliphatic heterocycles. The molecule has 1 fully saturated rings. The number of ether oxygens (including phenoxy) is 1. The molecule has 7 heteroatoms. The molecule has 1 aromatic heterocycles. The average Bonchev–Trinajstić information content (AvgIpc) is 3.55. The van der Waals surface area contributed by atoms with Crippen LogP contribution in [-0.4, -0.2) is 42.6 Å². The summed E-state index contributed by atoms with van der Waals surface area (Å²) in [6.45, 7) is 2.93. The molecule has 2 aromatic rings. The smallest absolute Gasteiger partial charge is 0.162 e. The monoisotopic (exact) mass is 435 g/mol. The first-order valence-electron chi connectivity index (χ1n) is 10.7. The molecule has 3 N–H and O–H groups in total. The average molecular weight is 436 g/mol. The molecule has 1 atom stereocenters. The predicted octanol–water partition coefficient (Wildman–Crippen LogP) is 4.08. The van der Waals surface area contributed by atoms with Crippen molar-refractivity contribution in [1.29, 1.82) is 0 Å². The van der Waals surface area contributed by atoms with Crippen LogP contribution in [0.15, 0.2) is 46.6 Å². The highest BCUT2D eigenvalue weighted by atomic mass is 32.2. The van der Waals surface area contributed by atoms with E-state index in [0.29, 0.717) is 17.3 Å². The van der Waals surface area contributed by atoms with E-state index in [4.69, 9.17) is 15.5 Å². The molecule has 31 heavy (non-hydrogen) atoms. The Balaban J connectivity index is 1.79. The summed E-state index contributed by atoms with van der Waals surface area (Å²) < 4.78 is 6.26. The Bertz CT molecular complexity index is 1040. The number of nitrogens with zero attached hydrogens (tertiary/aromatic N) is 3. The fraction of sp³-hybridized carbons (Fsp3) is 0.375. The summed E-state index contributed by atoms with van der Waals surface area (Å²) in [5.74, 6) is 3.18. The molecule has 1 aromatic carbocycles. The van der Waals surface area contributed by atoms with Crippen molar-refractivity contribution in [3.05, 3.63) is 59.3 Å². The lowest BCUT2D eigenvalue weighted by Gasteiger charge is -2.15. The number of fused-ring (bicyclic) bond motifs is 1. The van der Waals surface area contributed by atoms with Crippen LogP contribution in [-0.2, 0) is 0 Å². The van der Waals surface area contributed by atoms with E-state index in [-0.39, 0.29) is 6.04 Å². The number of aromatic nitrogens is 2. The van der Waals surface area contributed by atoms with E-state index < -0.39 is 0 Å². The van der Waals surface area contributed by atoms with E-state index in [1.807, 2.05) is 25.0 Å². The number of aliphatic imine (C=N–C) groups is 1. The number of thioether (sulfide) groups is 1. The molecule has 0 saturated heterocycles. The molecule has 0 spiro atoms. The maximum Gasteiger partial charge on any atom is 0.162 e. The zero-order valence-electron chi connectivity index (χ0n) is 18.3. The normalized spacial score (nSPS) is 18.4. The van der Waals surface area contributed by atoms with Gasteiger partial charge in [-0.3, -0.25) is 4.99 Å². The molecule has 4 rings (SSSR count). The number of hydrogen-bond acceptors (Lipinski definition) is 7. The maximum absolute atomic E-state index is 6.26. The summed E-state index contributed by atoms with van der Waals surface area (Å²) in [4.78, 5) is 14.7. The topological polar surface area (TPSA) is 85.4 Å². The van der Waals surface area contributed by atoms with Gasteiger partial charge in [-0.25, -0.2) is 9.97 Å². The summed E-state index contributed by atoms with van der Waals surface area (Å²) in [7, 11) is 3.66. The maximum atomic E-state index is 6.26. The van der Waals surface area contributed by atoms with E-state index in [2.05, 4.69) is 46.5 Å². The molecular formula is C24H29N5OS. The van der Waals surface area contributed by atoms with Crippen LogP contribution < -0.4 is 15.8 Å². The van der Waals surface area contributed by atoms with Gasteiger partial charge in [0.05, 0.1) is 23.9 Å². The second kappa shape index (κ2) is 9.66. The minimum atomic E-state index is 0.0444. The van der Waals surface area contributed by atoms with Crippen LogP contribution in [0.3, 0.4) is 0 Å². The number of nitrogens with two attached hydrogens (primary N) is 1. The van der Waals surface area contributed by atoms with Crippen molar-refractivity contribution >= 4 is 29.1 Å². The first-order valence-corrected chi connectivity index (χ1v) is 11.7. The lowest BCUT2D eigenvalue weighted by molar-refractivity contribution is 0.299. The predicted molar refractivity (Wildman–Crippen MR) is 129 cm³/mol. The number of allylic oxidation sites excluding steroid dienone is 1. The van der Waals surface area contributed by atoms with E-state index in [1.54, 1.807) is 13.3 Å². The molecule has 0 bridgehead atoms. The van der Waals surface area contributed by atoms with Crippen molar-refractivity contribution in [3.8, 4) is 5.75 Å². The van der Waals surface area contributed by atoms with Gasteiger partial charge in [-0.2, -0.15) is 0 Å². The van der Waals surface area contributed by atoms with Crippen LogP contribution in [0.1, 0.15) is 48.5 Å². The Morgan fingerprint density at radius 3 is 2.90 bits per heavy atom. The molecule has 1 heterocycles. The van der Waals surface area contributed by atoms with Gasteiger partial charge in [-0.15, -0.1) is 11.8 Å². The van der Waals surface area contributed by atoms with Crippen molar-refractivity contribution < 1.29 is 4.74 Å². The molecule has 162 valence electrons. The first-order chi connectivity index (χ1) is 15.2. The van der Waals surface area contributed by atoms with Crippen LogP contribution in [0.4, 0.5) is 0 Å². The van der Waals surface area contributed by atoms with Crippen LogP contribution in [0.2, 0.25) is 0 Å². The Morgan fingerprint density at radius 1 is 1.39 bits per heavy atom. The van der Waals surface area contributed by atoms with Gasteiger partial charge in [-0.05, 0) is 49.8 Å². The Morgan fingerprint density at radius 2 is 2.23 bits per heavy atom. The lowest BCUT2D eigenvalue weighted by atomic mass is 10.0. The van der Waals surface area contributed by atoms with Crippen LogP contribution >= 0.6 is 11.8 Å². The summed E-state index contributed by atoms with van der Waals surface area (Å²) >= 11 is 1.83. The van der Waals surface area contributed by atoms with Crippen molar-refractivity contribution in [2.45, 2.75) is 30.7 Å². The Hall–Kier alpha value is -2.64. The van der Waals surface area contributed by atoms with Crippen LogP contribution in [0.25, 0.3) is 11.1 Å². The summed E-state index contributed by atoms with van der Waals surface area (Å²) in [6.07, 6.45) is 9.78. The zero-order chi connectivity index (χ0) is 21.8. The molecule has 1 unspecified atom stereocenters. The molecule has 0 amide bonds. The molecule has 2 aliphatic carbocycles. The van der Waals surface area contributed by atoms with Crippen molar-refractivity contribution in [2.24, 2.45) is 16.6 Å². The van der Waals surface area contributed by atoms with E-state index >= 15 is 0 Å². The Labute approximate surface area is 188 Å². The standard InChI is InChI=1S/C24H29N5OS/c1-4-31-17-7-8-22(30-14-15-5-6-15)18(9-17)19-10-21(27-3)20-13-28-24(29-23(19)20)16(11-25)12-26-2/h7-13,15,21,27H,4-6,14,25H2,1-3H3. The minimum absolute atomic E-state index is 0.0444. The van der Waals surface area contributed by atoms with Crippen LogP contribution in [0.5, 0.6) is 5.75 Å². The lowest BCUT2D eigenvalue weighted by Crippen LogP contribution is -2.13. The zero-order valence-corrected chi connectivity index (χ0v) is 19.1. The third-order valence-electron chi connectivity index (χ3n) is 5.48. The number of nitrogens with one attached hydrogen (secondary N) is 1. The molecule has 2 aliphatic rings. The van der Waals surface area contributed by atoms with Gasteiger partial charge in [0.2, 0.25) is 0 Å². The highest BCUT2D eigenvalue weighted by Crippen LogP contribution is 2.42. The van der Waals surface area contributed by atoms with Crippen molar-refractivity contribution in [2.75, 3.05) is 26.5 Å². The summed E-state index contributed by atoms with van der Waals surface area (Å²) in [6, 6.07) is 6.51. The quantitative estimate of drug-likeness (QED) is 0.456. The molecule has 6 nitrogen and oxygen atoms in total. The fourth-order valence-electron chi connectivity index (χ4n) is 3.67. The molecular weight excluding hydrogens is 406 g/mol. The van der Waals surface area contributed by atoms with Gasteiger partial charge in [-0.1, -0.05) is 13.0 Å². The second-order valence-corrected chi connectivity index (χ2v) is 9.04. The first kappa shape index (κ1) is 21.6. The Kier molecular flexibility index (Phi) is 6.73. The van der Waals surface area contributed by atoms with E-state index in [9.17, 15) is 0 Å².